The molecule has 1 heterocycles. The number of ether oxygens (including phenoxy) is 1. The smallest absolute Gasteiger partial charge is 0.475 e. The molecule has 8 nitrogen and oxygen atoms in total. The lowest BCUT2D eigenvalue weighted by atomic mass is 9.96. The van der Waals surface area contributed by atoms with Crippen LogP contribution in [0.15, 0.2) is 48.5 Å². The molecular formula is C27H33F4N3O5. The van der Waals surface area contributed by atoms with Crippen LogP contribution in [0.4, 0.5) is 22.4 Å². The zero-order chi connectivity index (χ0) is 29.0. The van der Waals surface area contributed by atoms with Crippen molar-refractivity contribution in [3.05, 3.63) is 71.0 Å². The molecule has 1 fully saturated rings. The molecule has 0 aliphatic carbocycles. The summed E-state index contributed by atoms with van der Waals surface area (Å²) in [6, 6.07) is 13.7. The number of carbonyl (C=O) groups excluding carboxylic acids is 2. The number of nitrogens with one attached hydrogen (secondary N) is 1. The van der Waals surface area contributed by atoms with Crippen LogP contribution in [0.2, 0.25) is 0 Å². The Bertz CT molecular complexity index is 1070. The van der Waals surface area contributed by atoms with Crippen molar-refractivity contribution < 1.29 is 41.8 Å². The summed E-state index contributed by atoms with van der Waals surface area (Å²) in [6.07, 6.45) is -3.22. The number of amides is 2. The molecule has 1 saturated heterocycles. The molecule has 3 rings (SSSR count). The number of carboxylic acids is 1. The van der Waals surface area contributed by atoms with Gasteiger partial charge in [-0.15, -0.1) is 0 Å². The van der Waals surface area contributed by atoms with Gasteiger partial charge in [0.05, 0.1) is 13.2 Å². The molecule has 0 spiro atoms. The summed E-state index contributed by atoms with van der Waals surface area (Å²) in [5.41, 5.74) is 2.72. The lowest BCUT2D eigenvalue weighted by Gasteiger charge is -2.32. The Morgan fingerprint density at radius 3 is 2.08 bits per heavy atom. The molecule has 2 amide bonds. The fourth-order valence-corrected chi connectivity index (χ4v) is 3.90. The second kappa shape index (κ2) is 15.2. The van der Waals surface area contributed by atoms with Gasteiger partial charge in [0.15, 0.2) is 5.78 Å². The standard InChI is InChI=1S/C25H32FN3O3.C2HF3O2/c1-28(16-20-3-5-21(6-4-20)18-32-2)25(31)27-15-19-11-13-29(14-12-19)17-24(30)22-7-9-23(26)10-8-22;3-2(4,5)1(6)7/h3-10,19H,11-18H2,1-2H3,(H,27,31);(H,6,7). The number of halogens is 4. The van der Waals surface area contributed by atoms with Crippen molar-refractivity contribution in [3.8, 4) is 0 Å². The third-order valence-electron chi connectivity index (χ3n) is 6.13. The average molecular weight is 556 g/mol. The average Bonchev–Trinajstić information content (AvgIpc) is 2.89. The highest BCUT2D eigenvalue weighted by Gasteiger charge is 2.38. The molecule has 0 saturated carbocycles. The van der Waals surface area contributed by atoms with Gasteiger partial charge in [-0.25, -0.2) is 14.0 Å². The molecule has 2 N–H and O–H groups in total. The zero-order valence-corrected chi connectivity index (χ0v) is 21.8. The van der Waals surface area contributed by atoms with E-state index >= 15 is 0 Å². The molecule has 0 aromatic heterocycles. The first-order valence-corrected chi connectivity index (χ1v) is 12.3. The fraction of sp³-hybridized carbons (Fsp3) is 0.444. The van der Waals surface area contributed by atoms with Gasteiger partial charge in [-0.2, -0.15) is 13.2 Å². The van der Waals surface area contributed by atoms with E-state index in [1.807, 2.05) is 24.3 Å². The van der Waals surface area contributed by atoms with Crippen LogP contribution in [0.3, 0.4) is 0 Å². The van der Waals surface area contributed by atoms with Gasteiger partial charge in [0.1, 0.15) is 5.82 Å². The Kier molecular flexibility index (Phi) is 12.3. The lowest BCUT2D eigenvalue weighted by molar-refractivity contribution is -0.192. The van der Waals surface area contributed by atoms with E-state index in [1.54, 1.807) is 19.1 Å². The van der Waals surface area contributed by atoms with Gasteiger partial charge >= 0.3 is 18.2 Å². The number of likely N-dealkylation sites (tertiary alicyclic amines) is 1. The highest BCUT2D eigenvalue weighted by atomic mass is 19.4. The van der Waals surface area contributed by atoms with Crippen LogP contribution in [0.5, 0.6) is 0 Å². The summed E-state index contributed by atoms with van der Waals surface area (Å²) in [6.45, 7) is 3.74. The van der Waals surface area contributed by atoms with E-state index < -0.39 is 12.1 Å². The number of piperidine rings is 1. The summed E-state index contributed by atoms with van der Waals surface area (Å²) in [5, 5.41) is 10.2. The number of Topliss-reactive ketones (excluding diaryl/α,β-unsaturated/α-hetero) is 1. The number of benzene rings is 2. The largest absolute Gasteiger partial charge is 0.490 e. The molecule has 1 aliphatic heterocycles. The van der Waals surface area contributed by atoms with Gasteiger partial charge in [0.25, 0.3) is 0 Å². The highest BCUT2D eigenvalue weighted by molar-refractivity contribution is 5.97. The van der Waals surface area contributed by atoms with E-state index in [0.717, 1.165) is 37.1 Å². The number of carboxylic acid groups (broad SMARTS) is 1. The number of urea groups is 1. The molecule has 12 heteroatoms. The second-order valence-corrected chi connectivity index (χ2v) is 9.24. The number of alkyl halides is 3. The molecule has 0 atom stereocenters. The number of aliphatic carboxylic acids is 1. The Balaban J connectivity index is 0.000000673. The number of nitrogens with zero attached hydrogens (tertiary/aromatic N) is 2. The van der Waals surface area contributed by atoms with E-state index in [-0.39, 0.29) is 17.6 Å². The Hall–Kier alpha value is -3.51. The Morgan fingerprint density at radius 2 is 1.56 bits per heavy atom. The topological polar surface area (TPSA) is 99.2 Å². The Morgan fingerprint density at radius 1 is 1.03 bits per heavy atom. The van der Waals surface area contributed by atoms with Gasteiger partial charge in [-0.05, 0) is 67.2 Å². The third kappa shape index (κ3) is 11.4. The van der Waals surface area contributed by atoms with Crippen LogP contribution in [0, 0.1) is 11.7 Å². The summed E-state index contributed by atoms with van der Waals surface area (Å²) in [7, 11) is 3.46. The maximum atomic E-state index is 13.0. The maximum absolute atomic E-state index is 13.0. The molecule has 0 unspecified atom stereocenters. The van der Waals surface area contributed by atoms with E-state index in [9.17, 15) is 27.2 Å². The van der Waals surface area contributed by atoms with Gasteiger partial charge in [-0.1, -0.05) is 24.3 Å². The zero-order valence-electron chi connectivity index (χ0n) is 21.8. The van der Waals surface area contributed by atoms with Gasteiger partial charge in [0.2, 0.25) is 0 Å². The normalized spacial score (nSPS) is 14.2. The molecular weight excluding hydrogens is 522 g/mol. The first kappa shape index (κ1) is 31.7. The van der Waals surface area contributed by atoms with Gasteiger partial charge in [-0.3, -0.25) is 9.69 Å². The first-order chi connectivity index (χ1) is 18.4. The van der Waals surface area contributed by atoms with Crippen molar-refractivity contribution >= 4 is 17.8 Å². The number of methoxy groups -OCH3 is 1. The molecule has 2 aromatic rings. The summed E-state index contributed by atoms with van der Waals surface area (Å²) in [4.78, 5) is 37.5. The number of hydrogen-bond acceptors (Lipinski definition) is 5. The Labute approximate surface area is 224 Å². The van der Waals surface area contributed by atoms with E-state index in [4.69, 9.17) is 14.6 Å². The summed E-state index contributed by atoms with van der Waals surface area (Å²) < 4.78 is 49.9. The van der Waals surface area contributed by atoms with Gasteiger partial charge < -0.3 is 20.1 Å². The van der Waals surface area contributed by atoms with Crippen molar-refractivity contribution in [2.75, 3.05) is 40.3 Å². The van der Waals surface area contributed by atoms with Crippen molar-refractivity contribution in [2.24, 2.45) is 5.92 Å². The van der Waals surface area contributed by atoms with Gasteiger partial charge in [0, 0.05) is 32.8 Å². The van der Waals surface area contributed by atoms with E-state index in [2.05, 4.69) is 10.2 Å². The fourth-order valence-electron chi connectivity index (χ4n) is 3.90. The number of rotatable bonds is 9. The summed E-state index contributed by atoms with van der Waals surface area (Å²) >= 11 is 0. The maximum Gasteiger partial charge on any atom is 0.490 e. The van der Waals surface area contributed by atoms with Crippen molar-refractivity contribution in [3.63, 3.8) is 0 Å². The highest BCUT2D eigenvalue weighted by Crippen LogP contribution is 2.17. The predicted molar refractivity (Wildman–Crippen MR) is 136 cm³/mol. The molecule has 214 valence electrons. The third-order valence-corrected chi connectivity index (χ3v) is 6.13. The molecule has 2 aromatic carbocycles. The van der Waals surface area contributed by atoms with Crippen LogP contribution >= 0.6 is 0 Å². The quantitative estimate of drug-likeness (QED) is 0.353. The van der Waals surface area contributed by atoms with Crippen LogP contribution in [-0.2, 0) is 22.7 Å². The molecule has 0 radical (unpaired) electrons. The van der Waals surface area contributed by atoms with Crippen LogP contribution < -0.4 is 5.32 Å². The molecule has 1 aliphatic rings. The minimum absolute atomic E-state index is 0.00799. The van der Waals surface area contributed by atoms with Crippen molar-refractivity contribution in [1.29, 1.82) is 0 Å². The minimum Gasteiger partial charge on any atom is -0.475 e. The summed E-state index contributed by atoms with van der Waals surface area (Å²) in [5.74, 6) is -2.69. The minimum atomic E-state index is -5.08. The number of carbonyl (C=O) groups is 3. The van der Waals surface area contributed by atoms with Crippen LogP contribution in [0.25, 0.3) is 0 Å². The monoisotopic (exact) mass is 555 g/mol. The lowest BCUT2D eigenvalue weighted by Crippen LogP contribution is -2.43. The van der Waals surface area contributed by atoms with Crippen LogP contribution in [-0.4, -0.2) is 79.2 Å². The molecule has 0 bridgehead atoms. The number of ketones is 1. The van der Waals surface area contributed by atoms with Crippen molar-refractivity contribution in [2.45, 2.75) is 32.2 Å². The first-order valence-electron chi connectivity index (χ1n) is 12.3. The van der Waals surface area contributed by atoms with E-state index in [0.29, 0.717) is 37.7 Å². The number of hydrogen-bond donors (Lipinski definition) is 2. The second-order valence-electron chi connectivity index (χ2n) is 9.24. The van der Waals surface area contributed by atoms with Crippen LogP contribution in [0.1, 0.15) is 34.3 Å². The van der Waals surface area contributed by atoms with E-state index in [1.165, 1.54) is 24.3 Å². The SMILES string of the molecule is COCc1ccc(CN(C)C(=O)NCC2CCN(CC(=O)c3ccc(F)cc3)CC2)cc1.O=C(O)C(F)(F)F. The molecule has 39 heavy (non-hydrogen) atoms. The predicted octanol–water partition coefficient (Wildman–Crippen LogP) is 4.34. The van der Waals surface area contributed by atoms with Crippen molar-refractivity contribution in [1.82, 2.24) is 15.1 Å².